The Balaban J connectivity index is 2.12. The minimum absolute atomic E-state index is 0.488. The highest BCUT2D eigenvalue weighted by molar-refractivity contribution is 6.02. The van der Waals surface area contributed by atoms with E-state index in [-0.39, 0.29) is 0 Å². The number of anilines is 1. The summed E-state index contributed by atoms with van der Waals surface area (Å²) < 4.78 is 5.05. The minimum Gasteiger partial charge on any atom is -0.545 e. The summed E-state index contributed by atoms with van der Waals surface area (Å²) in [5.41, 5.74) is 1.70. The monoisotopic (exact) mass is 231 g/mol. The second-order valence-electron chi connectivity index (χ2n) is 3.18. The molecule has 0 aliphatic rings. The summed E-state index contributed by atoms with van der Waals surface area (Å²) in [6, 6.07) is 4.90. The molecule has 86 valence electrons. The van der Waals surface area contributed by atoms with Gasteiger partial charge >= 0.3 is 0 Å². The van der Waals surface area contributed by atoms with Crippen molar-refractivity contribution in [1.82, 2.24) is 4.98 Å². The van der Waals surface area contributed by atoms with Crippen LogP contribution in [0.5, 0.6) is 0 Å². The third-order valence-corrected chi connectivity index (χ3v) is 1.97. The van der Waals surface area contributed by atoms with Crippen LogP contribution in [0.2, 0.25) is 0 Å². The number of nitrogens with zero attached hydrogens (tertiary/aromatic N) is 1. The normalized spacial score (nSPS) is 10.8. The summed E-state index contributed by atoms with van der Waals surface area (Å²) in [6.07, 6.45) is 2.83. The molecule has 0 aliphatic heterocycles. The molecule has 17 heavy (non-hydrogen) atoms. The highest BCUT2D eigenvalue weighted by Crippen LogP contribution is 2.17. The third kappa shape index (κ3) is 2.69. The number of benzene rings is 1. The number of carbonyl (C=O) groups is 2. The molecule has 1 aromatic carbocycles. The molecule has 1 heterocycles. The maximum absolute atomic E-state index is 11.3. The molecule has 2 rings (SSSR count). The molecule has 6 nitrogen and oxygen atoms in total. The Hall–Kier alpha value is -2.63. The molecule has 1 aromatic heterocycles. The van der Waals surface area contributed by atoms with E-state index in [4.69, 9.17) is 4.42 Å². The average molecular weight is 231 g/mol. The smallest absolute Gasteiger partial charge is 0.248 e. The molecule has 1 N–H and O–H groups in total. The van der Waals surface area contributed by atoms with E-state index in [1.165, 1.54) is 6.39 Å². The zero-order chi connectivity index (χ0) is 12.3. The van der Waals surface area contributed by atoms with Crippen LogP contribution >= 0.6 is 0 Å². The van der Waals surface area contributed by atoms with E-state index in [9.17, 15) is 14.7 Å². The number of carbonyl (C=O) groups excluding carboxylic acids is 2. The predicted octanol–water partition coefficient (Wildman–Crippen LogP) is 0.0724. The van der Waals surface area contributed by atoms with Crippen LogP contribution in [0.3, 0.4) is 0 Å². The first-order valence-electron chi connectivity index (χ1n) is 4.68. The molecule has 0 bridgehead atoms. The van der Waals surface area contributed by atoms with Crippen molar-refractivity contribution in [3.63, 3.8) is 0 Å². The van der Waals surface area contributed by atoms with Crippen LogP contribution in [0.4, 0.5) is 5.69 Å². The van der Waals surface area contributed by atoms with Crippen LogP contribution in [0.1, 0.15) is 0 Å². The summed E-state index contributed by atoms with van der Waals surface area (Å²) in [6.45, 7) is 0. The van der Waals surface area contributed by atoms with Gasteiger partial charge in [0.25, 0.3) is 0 Å². The van der Waals surface area contributed by atoms with Gasteiger partial charge in [-0.25, -0.2) is 4.98 Å². The lowest BCUT2D eigenvalue weighted by molar-refractivity contribution is -0.297. The number of hydrogen-bond donors (Lipinski definition) is 1. The van der Waals surface area contributed by atoms with Gasteiger partial charge in [-0.05, 0) is 18.2 Å². The van der Waals surface area contributed by atoms with Gasteiger partial charge in [-0.3, -0.25) is 4.79 Å². The van der Waals surface area contributed by atoms with E-state index < -0.39 is 11.9 Å². The van der Waals surface area contributed by atoms with Gasteiger partial charge in [0, 0.05) is 17.8 Å². The van der Waals surface area contributed by atoms with Gasteiger partial charge in [-0.2, -0.15) is 0 Å². The average Bonchev–Trinajstić information content (AvgIpc) is 2.73. The highest BCUT2D eigenvalue weighted by atomic mass is 16.4. The number of aliphatic carboxylic acids is 1. The number of oxazole rings is 1. The van der Waals surface area contributed by atoms with E-state index in [0.717, 1.165) is 6.08 Å². The maximum atomic E-state index is 11.3. The summed E-state index contributed by atoms with van der Waals surface area (Å²) >= 11 is 0. The Bertz CT molecular complexity index is 600. The first kappa shape index (κ1) is 10.9. The first-order chi connectivity index (χ1) is 8.15. The lowest BCUT2D eigenvalue weighted by Gasteiger charge is -2.01. The van der Waals surface area contributed by atoms with Crippen molar-refractivity contribution in [1.29, 1.82) is 0 Å². The molecule has 0 aliphatic carbocycles. The van der Waals surface area contributed by atoms with E-state index >= 15 is 0 Å². The second kappa shape index (κ2) is 4.48. The number of aromatic nitrogens is 1. The Kier molecular flexibility index (Phi) is 2.87. The van der Waals surface area contributed by atoms with Crippen LogP contribution in [0.25, 0.3) is 11.1 Å². The molecule has 6 heteroatoms. The topological polar surface area (TPSA) is 95.3 Å². The number of amides is 1. The predicted molar refractivity (Wildman–Crippen MR) is 56.8 cm³/mol. The van der Waals surface area contributed by atoms with Crippen molar-refractivity contribution in [2.45, 2.75) is 0 Å². The largest absolute Gasteiger partial charge is 0.545 e. The Morgan fingerprint density at radius 1 is 1.35 bits per heavy atom. The zero-order valence-corrected chi connectivity index (χ0v) is 8.54. The Labute approximate surface area is 95.6 Å². The van der Waals surface area contributed by atoms with Crippen LogP contribution in [-0.2, 0) is 9.59 Å². The van der Waals surface area contributed by atoms with Crippen molar-refractivity contribution in [2.24, 2.45) is 0 Å². The third-order valence-electron chi connectivity index (χ3n) is 1.97. The molecule has 1 amide bonds. The van der Waals surface area contributed by atoms with Gasteiger partial charge in [-0.1, -0.05) is 0 Å². The van der Waals surface area contributed by atoms with Crippen molar-refractivity contribution in [3.05, 3.63) is 36.7 Å². The summed E-state index contributed by atoms with van der Waals surface area (Å²) in [5, 5.41) is 12.6. The number of nitrogens with one attached hydrogen (secondary N) is 1. The molecular formula is C11H7N2O4-. The van der Waals surface area contributed by atoms with E-state index in [1.54, 1.807) is 18.2 Å². The molecule has 0 atom stereocenters. The standard InChI is InChI=1S/C11H8N2O4/c14-10(3-4-11(15)16)13-7-1-2-8-9(5-7)17-6-12-8/h1-6H,(H,13,14)(H,15,16)/p-1/b4-3+. The lowest BCUT2D eigenvalue weighted by atomic mass is 10.3. The molecule has 0 unspecified atom stereocenters. The molecule has 2 aromatic rings. The van der Waals surface area contributed by atoms with Crippen LogP contribution in [-0.4, -0.2) is 16.9 Å². The van der Waals surface area contributed by atoms with Crippen molar-refractivity contribution in [2.75, 3.05) is 5.32 Å². The zero-order valence-electron chi connectivity index (χ0n) is 8.54. The lowest BCUT2D eigenvalue weighted by Crippen LogP contribution is -2.20. The van der Waals surface area contributed by atoms with E-state index in [1.807, 2.05) is 0 Å². The maximum Gasteiger partial charge on any atom is 0.248 e. The van der Waals surface area contributed by atoms with E-state index in [2.05, 4.69) is 10.3 Å². The number of fused-ring (bicyclic) bond motifs is 1. The number of rotatable bonds is 3. The van der Waals surface area contributed by atoms with Crippen molar-refractivity contribution in [3.8, 4) is 0 Å². The SMILES string of the molecule is O=C([O-])/C=C/C(=O)Nc1ccc2ncoc2c1. The fourth-order valence-corrected chi connectivity index (χ4v) is 1.26. The molecule has 0 radical (unpaired) electrons. The van der Waals surface area contributed by atoms with Gasteiger partial charge < -0.3 is 19.6 Å². The number of carboxylic acid groups (broad SMARTS) is 1. The fourth-order valence-electron chi connectivity index (χ4n) is 1.26. The summed E-state index contributed by atoms with van der Waals surface area (Å²) in [5.74, 6) is -1.99. The van der Waals surface area contributed by atoms with Gasteiger partial charge in [-0.15, -0.1) is 0 Å². The van der Waals surface area contributed by atoms with Crippen LogP contribution in [0, 0.1) is 0 Å². The van der Waals surface area contributed by atoms with Crippen LogP contribution in [0.15, 0.2) is 41.2 Å². The van der Waals surface area contributed by atoms with Crippen LogP contribution < -0.4 is 10.4 Å². The van der Waals surface area contributed by atoms with E-state index in [0.29, 0.717) is 22.9 Å². The quantitative estimate of drug-likeness (QED) is 0.754. The first-order valence-corrected chi connectivity index (χ1v) is 4.68. The molecule has 0 spiro atoms. The molecule has 0 fully saturated rings. The Morgan fingerprint density at radius 3 is 2.94 bits per heavy atom. The Morgan fingerprint density at radius 2 is 2.18 bits per heavy atom. The molecule has 0 saturated carbocycles. The summed E-state index contributed by atoms with van der Waals surface area (Å²) in [7, 11) is 0. The number of hydrogen-bond acceptors (Lipinski definition) is 5. The van der Waals surface area contributed by atoms with Crippen molar-refractivity contribution < 1.29 is 19.1 Å². The van der Waals surface area contributed by atoms with Gasteiger partial charge in [0.05, 0.1) is 5.97 Å². The fraction of sp³-hybridized carbons (Fsp3) is 0. The minimum atomic E-state index is -1.43. The van der Waals surface area contributed by atoms with Gasteiger partial charge in [0.15, 0.2) is 12.0 Å². The van der Waals surface area contributed by atoms with Gasteiger partial charge in [0.2, 0.25) is 5.91 Å². The number of carboxylic acids is 1. The molecule has 0 saturated heterocycles. The highest BCUT2D eigenvalue weighted by Gasteiger charge is 2.02. The summed E-state index contributed by atoms with van der Waals surface area (Å²) in [4.78, 5) is 25.3. The van der Waals surface area contributed by atoms with Gasteiger partial charge in [0.1, 0.15) is 5.52 Å². The molecular weight excluding hydrogens is 224 g/mol. The van der Waals surface area contributed by atoms with Crippen molar-refractivity contribution >= 4 is 28.7 Å². The second-order valence-corrected chi connectivity index (χ2v) is 3.18.